The van der Waals surface area contributed by atoms with E-state index in [0.717, 1.165) is 18.7 Å². The fraction of sp³-hybridized carbons (Fsp3) is 0.462. The zero-order valence-electron chi connectivity index (χ0n) is 11.1. The number of halogens is 1. The molecule has 0 aliphatic heterocycles. The first-order valence-corrected chi connectivity index (χ1v) is 6.35. The van der Waals surface area contributed by atoms with E-state index in [0.29, 0.717) is 17.3 Å². The second kappa shape index (κ2) is 7.99. The number of nitrogens with zero attached hydrogens (tertiary/aromatic N) is 1. The third-order valence-electron chi connectivity index (χ3n) is 2.42. The molecule has 0 radical (unpaired) electrons. The fourth-order valence-corrected chi connectivity index (χ4v) is 1.69. The first kappa shape index (κ1) is 15.8. The van der Waals surface area contributed by atoms with Gasteiger partial charge in [-0.3, -0.25) is 0 Å². The minimum Gasteiger partial charge on any atom is -0.482 e. The Balaban J connectivity index is 2.58. The highest BCUT2D eigenvalue weighted by Crippen LogP contribution is 2.22. The molecule has 0 bridgehead atoms. The second-order valence-corrected chi connectivity index (χ2v) is 4.85. The van der Waals surface area contributed by atoms with E-state index in [4.69, 9.17) is 21.4 Å². The molecule has 0 heterocycles. The van der Waals surface area contributed by atoms with Crippen LogP contribution in [0.3, 0.4) is 0 Å². The van der Waals surface area contributed by atoms with Gasteiger partial charge >= 0.3 is 5.97 Å². The average molecular weight is 287 g/mol. The zero-order chi connectivity index (χ0) is 14.3. The molecule has 0 aromatic heterocycles. The lowest BCUT2D eigenvalue weighted by Gasteiger charge is -2.13. The van der Waals surface area contributed by atoms with Gasteiger partial charge in [-0.05, 0) is 32.3 Å². The number of nitrogens with one attached hydrogen (secondary N) is 1. The summed E-state index contributed by atoms with van der Waals surface area (Å²) in [5, 5.41) is 12.5. The van der Waals surface area contributed by atoms with Crippen molar-refractivity contribution in [2.75, 3.05) is 33.8 Å². The predicted octanol–water partition coefficient (Wildman–Crippen LogP) is 1.45. The monoisotopic (exact) mass is 286 g/mol. The van der Waals surface area contributed by atoms with E-state index in [2.05, 4.69) is 10.2 Å². The van der Waals surface area contributed by atoms with E-state index in [1.54, 1.807) is 18.2 Å². The van der Waals surface area contributed by atoms with E-state index < -0.39 is 5.97 Å². The van der Waals surface area contributed by atoms with Crippen molar-refractivity contribution in [1.82, 2.24) is 10.2 Å². The Hall–Kier alpha value is -1.30. The summed E-state index contributed by atoms with van der Waals surface area (Å²) in [7, 11) is 4.00. The van der Waals surface area contributed by atoms with E-state index in [1.165, 1.54) is 0 Å². The van der Waals surface area contributed by atoms with Gasteiger partial charge in [-0.2, -0.15) is 0 Å². The number of ether oxygens (including phenoxy) is 1. The number of hydrogen-bond donors (Lipinski definition) is 2. The lowest BCUT2D eigenvalue weighted by molar-refractivity contribution is -0.139. The van der Waals surface area contributed by atoms with Gasteiger partial charge in [0.15, 0.2) is 6.61 Å². The third-order valence-corrected chi connectivity index (χ3v) is 2.66. The van der Waals surface area contributed by atoms with Crippen LogP contribution in [0.25, 0.3) is 0 Å². The molecule has 0 atom stereocenters. The second-order valence-electron chi connectivity index (χ2n) is 4.41. The molecule has 0 spiro atoms. The number of hydrogen-bond acceptors (Lipinski definition) is 4. The molecular formula is C13H19ClN2O3. The van der Waals surface area contributed by atoms with Gasteiger partial charge in [-0.1, -0.05) is 11.6 Å². The summed E-state index contributed by atoms with van der Waals surface area (Å²) in [6, 6.07) is 5.15. The number of likely N-dealkylation sites (N-methyl/N-ethyl adjacent to an activating group) is 1. The summed E-state index contributed by atoms with van der Waals surface area (Å²) in [6.07, 6.45) is 0. The van der Waals surface area contributed by atoms with Crippen molar-refractivity contribution in [1.29, 1.82) is 0 Å². The van der Waals surface area contributed by atoms with Gasteiger partial charge in [0, 0.05) is 30.2 Å². The molecule has 0 aliphatic rings. The Morgan fingerprint density at radius 1 is 1.47 bits per heavy atom. The van der Waals surface area contributed by atoms with Crippen LogP contribution < -0.4 is 10.1 Å². The van der Waals surface area contributed by atoms with Crippen molar-refractivity contribution < 1.29 is 14.6 Å². The van der Waals surface area contributed by atoms with Gasteiger partial charge in [0.2, 0.25) is 0 Å². The van der Waals surface area contributed by atoms with Crippen LogP contribution in [0.2, 0.25) is 5.02 Å². The van der Waals surface area contributed by atoms with Crippen molar-refractivity contribution in [3.63, 3.8) is 0 Å². The Labute approximate surface area is 118 Å². The number of carboxylic acid groups (broad SMARTS) is 1. The number of aliphatic carboxylic acids is 1. The van der Waals surface area contributed by atoms with Crippen molar-refractivity contribution >= 4 is 17.6 Å². The van der Waals surface area contributed by atoms with Crippen LogP contribution in [0.1, 0.15) is 5.56 Å². The van der Waals surface area contributed by atoms with Crippen LogP contribution in [0.4, 0.5) is 0 Å². The number of rotatable bonds is 8. The molecule has 0 unspecified atom stereocenters. The fourth-order valence-electron chi connectivity index (χ4n) is 1.49. The Morgan fingerprint density at radius 3 is 2.84 bits per heavy atom. The molecule has 106 valence electrons. The highest BCUT2D eigenvalue weighted by Gasteiger charge is 2.06. The molecule has 0 fully saturated rings. The van der Waals surface area contributed by atoms with Crippen molar-refractivity contribution in [2.24, 2.45) is 0 Å². The van der Waals surface area contributed by atoms with Crippen LogP contribution in [0.15, 0.2) is 18.2 Å². The largest absolute Gasteiger partial charge is 0.482 e. The van der Waals surface area contributed by atoms with E-state index in [1.807, 2.05) is 14.1 Å². The van der Waals surface area contributed by atoms with E-state index in [-0.39, 0.29) is 6.61 Å². The molecule has 19 heavy (non-hydrogen) atoms. The number of carbonyl (C=O) groups is 1. The van der Waals surface area contributed by atoms with Crippen LogP contribution >= 0.6 is 11.6 Å². The Kier molecular flexibility index (Phi) is 6.62. The van der Waals surface area contributed by atoms with Crippen molar-refractivity contribution in [2.45, 2.75) is 6.54 Å². The molecule has 0 saturated carbocycles. The molecule has 0 saturated heterocycles. The molecule has 5 nitrogen and oxygen atoms in total. The van der Waals surface area contributed by atoms with E-state index in [9.17, 15) is 4.79 Å². The molecular weight excluding hydrogens is 268 g/mol. The van der Waals surface area contributed by atoms with Crippen LogP contribution in [-0.4, -0.2) is 49.8 Å². The van der Waals surface area contributed by atoms with Crippen molar-refractivity contribution in [3.05, 3.63) is 28.8 Å². The summed E-state index contributed by atoms with van der Waals surface area (Å²) >= 11 is 5.93. The quantitative estimate of drug-likeness (QED) is 0.709. The maximum Gasteiger partial charge on any atom is 0.341 e. The summed E-state index contributed by atoms with van der Waals surface area (Å²) in [6.45, 7) is 1.99. The highest BCUT2D eigenvalue weighted by atomic mass is 35.5. The van der Waals surface area contributed by atoms with Gasteiger partial charge in [0.1, 0.15) is 5.75 Å². The predicted molar refractivity (Wildman–Crippen MR) is 74.8 cm³/mol. The SMILES string of the molecule is CN(C)CCNCc1cc(Cl)ccc1OCC(=O)O. The lowest BCUT2D eigenvalue weighted by Crippen LogP contribution is -2.26. The topological polar surface area (TPSA) is 61.8 Å². The molecule has 6 heteroatoms. The molecule has 0 aliphatic carbocycles. The average Bonchev–Trinajstić information content (AvgIpc) is 2.33. The smallest absolute Gasteiger partial charge is 0.341 e. The van der Waals surface area contributed by atoms with Crippen LogP contribution in [0, 0.1) is 0 Å². The summed E-state index contributed by atoms with van der Waals surface area (Å²) in [5.74, 6) is -0.453. The summed E-state index contributed by atoms with van der Waals surface area (Å²) < 4.78 is 5.22. The minimum atomic E-state index is -0.999. The molecule has 1 aromatic rings. The van der Waals surface area contributed by atoms with Gasteiger partial charge in [-0.15, -0.1) is 0 Å². The van der Waals surface area contributed by atoms with Gasteiger partial charge < -0.3 is 20.1 Å². The molecule has 1 rings (SSSR count). The van der Waals surface area contributed by atoms with Crippen LogP contribution in [-0.2, 0) is 11.3 Å². The van der Waals surface area contributed by atoms with Gasteiger partial charge in [-0.25, -0.2) is 4.79 Å². The van der Waals surface area contributed by atoms with Crippen LogP contribution in [0.5, 0.6) is 5.75 Å². The number of carboxylic acids is 1. The Morgan fingerprint density at radius 2 is 2.21 bits per heavy atom. The standard InChI is InChI=1S/C13H19ClN2O3/c1-16(2)6-5-15-8-10-7-11(14)3-4-12(10)19-9-13(17)18/h3-4,7,15H,5-6,8-9H2,1-2H3,(H,17,18). The van der Waals surface area contributed by atoms with Gasteiger partial charge in [0.25, 0.3) is 0 Å². The maximum atomic E-state index is 10.5. The highest BCUT2D eigenvalue weighted by molar-refractivity contribution is 6.30. The van der Waals surface area contributed by atoms with E-state index >= 15 is 0 Å². The number of benzene rings is 1. The Bertz CT molecular complexity index is 424. The normalized spacial score (nSPS) is 10.7. The zero-order valence-corrected chi connectivity index (χ0v) is 11.9. The maximum absolute atomic E-state index is 10.5. The third kappa shape index (κ3) is 6.42. The van der Waals surface area contributed by atoms with Crippen molar-refractivity contribution in [3.8, 4) is 5.75 Å². The molecule has 1 aromatic carbocycles. The molecule has 0 amide bonds. The first-order chi connectivity index (χ1) is 8.99. The minimum absolute atomic E-state index is 0.355. The summed E-state index contributed by atoms with van der Waals surface area (Å²) in [5.41, 5.74) is 0.854. The first-order valence-electron chi connectivity index (χ1n) is 5.97. The molecule has 2 N–H and O–H groups in total. The van der Waals surface area contributed by atoms with Gasteiger partial charge in [0.05, 0.1) is 0 Å². The lowest BCUT2D eigenvalue weighted by atomic mass is 10.2. The summed E-state index contributed by atoms with van der Waals surface area (Å²) in [4.78, 5) is 12.6.